The highest BCUT2D eigenvalue weighted by Gasteiger charge is 2.24. The number of nitrogens with zero attached hydrogens (tertiary/aromatic N) is 2. The molecule has 1 unspecified atom stereocenters. The van der Waals surface area contributed by atoms with E-state index < -0.39 is 0 Å². The Morgan fingerprint density at radius 1 is 1.44 bits per heavy atom. The quantitative estimate of drug-likeness (QED) is 0.887. The van der Waals surface area contributed by atoms with E-state index in [4.69, 9.17) is 0 Å². The third-order valence-corrected chi connectivity index (χ3v) is 3.79. The smallest absolute Gasteiger partial charge is 0.141 e. The van der Waals surface area contributed by atoms with E-state index in [1.807, 2.05) is 0 Å². The van der Waals surface area contributed by atoms with Crippen molar-refractivity contribution in [3.8, 4) is 0 Å². The number of anilines is 1. The van der Waals surface area contributed by atoms with Gasteiger partial charge >= 0.3 is 0 Å². The van der Waals surface area contributed by atoms with Crippen molar-refractivity contribution in [2.45, 2.75) is 38.8 Å². The second-order valence-electron chi connectivity index (χ2n) is 5.63. The Balaban J connectivity index is 1.77. The van der Waals surface area contributed by atoms with Crippen LogP contribution in [0.1, 0.15) is 31.7 Å². The molecule has 1 aromatic rings. The minimum Gasteiger partial charge on any atom is -0.356 e. The number of hydrogen-bond acceptors (Lipinski definition) is 3. The van der Waals surface area contributed by atoms with E-state index in [9.17, 15) is 4.39 Å². The minimum absolute atomic E-state index is 0.237. The third-order valence-electron chi connectivity index (χ3n) is 3.79. The van der Waals surface area contributed by atoms with Gasteiger partial charge in [-0.3, -0.25) is 0 Å². The van der Waals surface area contributed by atoms with Gasteiger partial charge in [0.25, 0.3) is 0 Å². The summed E-state index contributed by atoms with van der Waals surface area (Å²) < 4.78 is 13.3. The molecule has 0 spiro atoms. The summed E-state index contributed by atoms with van der Waals surface area (Å²) in [5, 5.41) is 3.44. The molecule has 3 rings (SSSR count). The Bertz CT molecular complexity index is 431. The van der Waals surface area contributed by atoms with Gasteiger partial charge in [-0.05, 0) is 31.2 Å². The monoisotopic (exact) mass is 249 g/mol. The predicted octanol–water partition coefficient (Wildman–Crippen LogP) is 2.32. The largest absolute Gasteiger partial charge is 0.356 e. The third kappa shape index (κ3) is 2.64. The molecule has 1 atom stereocenters. The Labute approximate surface area is 107 Å². The maximum atomic E-state index is 13.3. The van der Waals surface area contributed by atoms with E-state index in [0.717, 1.165) is 31.0 Å². The molecule has 98 valence electrons. The number of hydrogen-bond donors (Lipinski definition) is 1. The molecule has 0 aromatic carbocycles. The van der Waals surface area contributed by atoms with E-state index in [2.05, 4.69) is 22.1 Å². The molecule has 1 aliphatic heterocycles. The molecule has 1 saturated heterocycles. The highest BCUT2D eigenvalue weighted by atomic mass is 19.1. The molecule has 2 fully saturated rings. The fraction of sp³-hybridized carbons (Fsp3) is 0.643. The molecule has 1 aliphatic carbocycles. The van der Waals surface area contributed by atoms with Crippen LogP contribution in [0.15, 0.2) is 12.3 Å². The molecule has 18 heavy (non-hydrogen) atoms. The lowest BCUT2D eigenvalue weighted by atomic mass is 10.2. The summed E-state index contributed by atoms with van der Waals surface area (Å²) in [6.45, 7) is 5.06. The summed E-state index contributed by atoms with van der Waals surface area (Å²) in [5.41, 5.74) is 0.996. The Morgan fingerprint density at radius 2 is 2.28 bits per heavy atom. The fourth-order valence-electron chi connectivity index (χ4n) is 2.56. The van der Waals surface area contributed by atoms with Gasteiger partial charge in [0, 0.05) is 31.2 Å². The van der Waals surface area contributed by atoms with Gasteiger partial charge in [0.2, 0.25) is 0 Å². The number of aromatic nitrogens is 1. The second-order valence-corrected chi connectivity index (χ2v) is 5.63. The summed E-state index contributed by atoms with van der Waals surface area (Å²) >= 11 is 0. The van der Waals surface area contributed by atoms with Crippen LogP contribution in [0.4, 0.5) is 10.2 Å². The molecule has 0 bridgehead atoms. The molecule has 1 aromatic heterocycles. The zero-order chi connectivity index (χ0) is 12.5. The first kappa shape index (κ1) is 11.9. The number of rotatable bonds is 4. The molecule has 0 amide bonds. The van der Waals surface area contributed by atoms with E-state index >= 15 is 0 Å². The van der Waals surface area contributed by atoms with Crippen LogP contribution in [0.5, 0.6) is 0 Å². The molecule has 4 heteroatoms. The number of pyridine rings is 1. The van der Waals surface area contributed by atoms with Crippen LogP contribution in [0.2, 0.25) is 0 Å². The van der Waals surface area contributed by atoms with Gasteiger partial charge < -0.3 is 10.2 Å². The number of halogens is 1. The zero-order valence-electron chi connectivity index (χ0n) is 10.8. The van der Waals surface area contributed by atoms with Crippen molar-refractivity contribution in [3.63, 3.8) is 0 Å². The molecule has 3 nitrogen and oxygen atoms in total. The van der Waals surface area contributed by atoms with E-state index in [1.54, 1.807) is 6.07 Å². The second kappa shape index (κ2) is 4.84. The summed E-state index contributed by atoms with van der Waals surface area (Å²) in [4.78, 5) is 6.59. The van der Waals surface area contributed by atoms with Gasteiger partial charge in [-0.1, -0.05) is 6.92 Å². The maximum Gasteiger partial charge on any atom is 0.141 e. The summed E-state index contributed by atoms with van der Waals surface area (Å²) in [5.74, 6) is 1.44. The lowest BCUT2D eigenvalue weighted by molar-refractivity contribution is 0.610. The van der Waals surface area contributed by atoms with Gasteiger partial charge in [0.05, 0.1) is 6.20 Å². The SMILES string of the molecule is CC1CCN(c2ncc(F)cc2CNC2CC2)C1. The van der Waals surface area contributed by atoms with Crippen LogP contribution in [0, 0.1) is 11.7 Å². The molecule has 1 N–H and O–H groups in total. The van der Waals surface area contributed by atoms with Crippen molar-refractivity contribution in [2.24, 2.45) is 5.92 Å². The van der Waals surface area contributed by atoms with Crippen molar-refractivity contribution in [1.29, 1.82) is 0 Å². The first-order valence-electron chi connectivity index (χ1n) is 6.85. The van der Waals surface area contributed by atoms with Gasteiger partial charge in [0.1, 0.15) is 11.6 Å². The van der Waals surface area contributed by atoms with Crippen LogP contribution in [0.3, 0.4) is 0 Å². The first-order chi connectivity index (χ1) is 8.72. The van der Waals surface area contributed by atoms with Crippen molar-refractivity contribution in [2.75, 3.05) is 18.0 Å². The van der Waals surface area contributed by atoms with Crippen molar-refractivity contribution in [1.82, 2.24) is 10.3 Å². The summed E-state index contributed by atoms with van der Waals surface area (Å²) in [6, 6.07) is 2.26. The van der Waals surface area contributed by atoms with Gasteiger partial charge in [-0.15, -0.1) is 0 Å². The molecule has 0 radical (unpaired) electrons. The summed E-state index contributed by atoms with van der Waals surface area (Å²) in [7, 11) is 0. The summed E-state index contributed by atoms with van der Waals surface area (Å²) in [6.07, 6.45) is 5.03. The minimum atomic E-state index is -0.237. The fourth-order valence-corrected chi connectivity index (χ4v) is 2.56. The van der Waals surface area contributed by atoms with Gasteiger partial charge in [0.15, 0.2) is 0 Å². The van der Waals surface area contributed by atoms with E-state index in [1.165, 1.54) is 25.5 Å². The zero-order valence-corrected chi connectivity index (χ0v) is 10.8. The van der Waals surface area contributed by atoms with Crippen LogP contribution in [0.25, 0.3) is 0 Å². The van der Waals surface area contributed by atoms with Crippen molar-refractivity contribution >= 4 is 5.82 Å². The van der Waals surface area contributed by atoms with Crippen molar-refractivity contribution < 1.29 is 4.39 Å². The standard InChI is InChI=1S/C14H20FN3/c1-10-4-5-18(9-10)14-11(6-12(15)8-17-14)7-16-13-2-3-13/h6,8,10,13,16H,2-5,7,9H2,1H3. The highest BCUT2D eigenvalue weighted by molar-refractivity contribution is 5.47. The molecule has 1 saturated carbocycles. The van der Waals surface area contributed by atoms with Gasteiger partial charge in [-0.2, -0.15) is 0 Å². The Morgan fingerprint density at radius 3 is 2.94 bits per heavy atom. The molecule has 2 heterocycles. The molecule has 2 aliphatic rings. The van der Waals surface area contributed by atoms with Gasteiger partial charge in [-0.25, -0.2) is 9.37 Å². The van der Waals surface area contributed by atoms with E-state index in [-0.39, 0.29) is 5.82 Å². The predicted molar refractivity (Wildman–Crippen MR) is 70.1 cm³/mol. The van der Waals surface area contributed by atoms with Crippen molar-refractivity contribution in [3.05, 3.63) is 23.6 Å². The normalized spacial score (nSPS) is 23.7. The van der Waals surface area contributed by atoms with Crippen LogP contribution < -0.4 is 10.2 Å². The number of nitrogens with one attached hydrogen (secondary N) is 1. The average molecular weight is 249 g/mol. The topological polar surface area (TPSA) is 28.2 Å². The molecular formula is C14H20FN3. The lowest BCUT2D eigenvalue weighted by Gasteiger charge is -2.20. The maximum absolute atomic E-state index is 13.3. The van der Waals surface area contributed by atoms with Crippen LogP contribution in [-0.4, -0.2) is 24.1 Å². The van der Waals surface area contributed by atoms with E-state index in [0.29, 0.717) is 12.0 Å². The molecular weight excluding hydrogens is 229 g/mol. The first-order valence-corrected chi connectivity index (χ1v) is 6.85. The highest BCUT2D eigenvalue weighted by Crippen LogP contribution is 2.26. The average Bonchev–Trinajstić information content (AvgIpc) is 3.08. The lowest BCUT2D eigenvalue weighted by Crippen LogP contribution is -2.24. The Kier molecular flexibility index (Phi) is 3.20. The van der Waals surface area contributed by atoms with Crippen LogP contribution in [-0.2, 0) is 6.54 Å². The Hall–Kier alpha value is -1.16. The van der Waals surface area contributed by atoms with Crippen LogP contribution >= 0.6 is 0 Å².